The van der Waals surface area contributed by atoms with Crippen molar-refractivity contribution in [3.05, 3.63) is 70.5 Å². The number of hydrogen-bond acceptors (Lipinski definition) is 1. The molecular weight excluding hydrogens is 239 g/mol. The van der Waals surface area contributed by atoms with E-state index in [-0.39, 0.29) is 5.82 Å². The molecule has 0 aliphatic carbocycles. The summed E-state index contributed by atoms with van der Waals surface area (Å²) in [6.45, 7) is 4.12. The summed E-state index contributed by atoms with van der Waals surface area (Å²) in [7, 11) is 0. The van der Waals surface area contributed by atoms with Crippen molar-refractivity contribution in [2.45, 2.75) is 32.8 Å². The summed E-state index contributed by atoms with van der Waals surface area (Å²) in [5.41, 5.74) is 4.58. The normalized spacial score (nSPS) is 12.4. The quantitative estimate of drug-likeness (QED) is 0.888. The van der Waals surface area contributed by atoms with Gasteiger partial charge in [-0.15, -0.1) is 0 Å². The van der Waals surface area contributed by atoms with Crippen LogP contribution >= 0.6 is 0 Å². The third-order valence-corrected chi connectivity index (χ3v) is 3.47. The molecule has 0 amide bonds. The Morgan fingerprint density at radius 1 is 0.947 bits per heavy atom. The summed E-state index contributed by atoms with van der Waals surface area (Å²) in [4.78, 5) is 0. The summed E-state index contributed by atoms with van der Waals surface area (Å²) in [6, 6.07) is 12.5. The van der Waals surface area contributed by atoms with E-state index >= 15 is 0 Å². The van der Waals surface area contributed by atoms with Crippen LogP contribution in [0.2, 0.25) is 0 Å². The van der Waals surface area contributed by atoms with Crippen LogP contribution in [-0.2, 0) is 12.8 Å². The summed E-state index contributed by atoms with van der Waals surface area (Å²) in [5, 5.41) is 10.2. The fraction of sp³-hybridized carbons (Fsp3) is 0.294. The standard InChI is InChI=1S/C17H19FO/c1-12-4-3-5-13(2)17(12)11-16(19)10-14-6-8-15(18)9-7-14/h3-9,16,19H,10-11H2,1-2H3. The van der Waals surface area contributed by atoms with Gasteiger partial charge in [0.05, 0.1) is 6.10 Å². The average molecular weight is 258 g/mol. The molecule has 2 aromatic rings. The van der Waals surface area contributed by atoms with E-state index in [1.165, 1.54) is 28.8 Å². The zero-order valence-corrected chi connectivity index (χ0v) is 11.4. The number of aliphatic hydroxyl groups is 1. The Kier molecular flexibility index (Phi) is 4.33. The highest BCUT2D eigenvalue weighted by Gasteiger charge is 2.10. The van der Waals surface area contributed by atoms with E-state index in [2.05, 4.69) is 26.0 Å². The Balaban J connectivity index is 2.05. The second-order valence-electron chi connectivity index (χ2n) is 5.06. The smallest absolute Gasteiger partial charge is 0.123 e. The number of benzene rings is 2. The molecule has 0 bridgehead atoms. The summed E-state index contributed by atoms with van der Waals surface area (Å²) in [6.07, 6.45) is 0.745. The van der Waals surface area contributed by atoms with Gasteiger partial charge in [-0.2, -0.15) is 0 Å². The lowest BCUT2D eigenvalue weighted by atomic mass is 9.95. The minimum atomic E-state index is -0.440. The topological polar surface area (TPSA) is 20.2 Å². The highest BCUT2D eigenvalue weighted by atomic mass is 19.1. The van der Waals surface area contributed by atoms with E-state index in [1.54, 1.807) is 12.1 Å². The molecule has 1 unspecified atom stereocenters. The van der Waals surface area contributed by atoms with E-state index in [4.69, 9.17) is 0 Å². The zero-order chi connectivity index (χ0) is 13.8. The fourth-order valence-corrected chi connectivity index (χ4v) is 2.37. The number of aliphatic hydroxyl groups excluding tert-OH is 1. The molecule has 0 heterocycles. The van der Waals surface area contributed by atoms with Crippen molar-refractivity contribution in [2.24, 2.45) is 0 Å². The van der Waals surface area contributed by atoms with Gasteiger partial charge in [0.15, 0.2) is 0 Å². The van der Waals surface area contributed by atoms with Gasteiger partial charge < -0.3 is 5.11 Å². The number of aryl methyl sites for hydroxylation is 2. The molecule has 1 N–H and O–H groups in total. The molecule has 0 aliphatic rings. The van der Waals surface area contributed by atoms with Crippen LogP contribution in [0.1, 0.15) is 22.3 Å². The molecule has 0 saturated carbocycles. The van der Waals surface area contributed by atoms with E-state index in [9.17, 15) is 9.50 Å². The van der Waals surface area contributed by atoms with E-state index in [0.29, 0.717) is 12.8 Å². The third-order valence-electron chi connectivity index (χ3n) is 3.47. The van der Waals surface area contributed by atoms with Crippen molar-refractivity contribution in [2.75, 3.05) is 0 Å². The number of rotatable bonds is 4. The van der Waals surface area contributed by atoms with E-state index < -0.39 is 6.10 Å². The first-order chi connectivity index (χ1) is 9.06. The molecule has 0 radical (unpaired) electrons. The van der Waals surface area contributed by atoms with Crippen LogP contribution in [0.15, 0.2) is 42.5 Å². The maximum atomic E-state index is 12.8. The molecule has 0 spiro atoms. The maximum Gasteiger partial charge on any atom is 0.123 e. The van der Waals surface area contributed by atoms with Crippen LogP contribution < -0.4 is 0 Å². The average Bonchev–Trinajstić information content (AvgIpc) is 2.37. The Morgan fingerprint density at radius 2 is 1.53 bits per heavy atom. The number of hydrogen-bond donors (Lipinski definition) is 1. The van der Waals surface area contributed by atoms with Gasteiger partial charge >= 0.3 is 0 Å². The predicted octanol–water partition coefficient (Wildman–Crippen LogP) is 3.59. The van der Waals surface area contributed by atoms with Crippen molar-refractivity contribution < 1.29 is 9.50 Å². The van der Waals surface area contributed by atoms with E-state index in [1.807, 2.05) is 6.07 Å². The fourth-order valence-electron chi connectivity index (χ4n) is 2.37. The van der Waals surface area contributed by atoms with Gasteiger partial charge in [0.2, 0.25) is 0 Å². The highest BCUT2D eigenvalue weighted by molar-refractivity contribution is 5.34. The lowest BCUT2D eigenvalue weighted by molar-refractivity contribution is 0.175. The zero-order valence-electron chi connectivity index (χ0n) is 11.4. The molecule has 1 nitrogen and oxygen atoms in total. The largest absolute Gasteiger partial charge is 0.392 e. The minimum absolute atomic E-state index is 0.243. The summed E-state index contributed by atoms with van der Waals surface area (Å²) < 4.78 is 12.8. The first-order valence-electron chi connectivity index (χ1n) is 6.54. The highest BCUT2D eigenvalue weighted by Crippen LogP contribution is 2.17. The molecular formula is C17H19FO. The van der Waals surface area contributed by atoms with Crippen LogP contribution in [0.5, 0.6) is 0 Å². The van der Waals surface area contributed by atoms with Crippen LogP contribution in [0, 0.1) is 19.7 Å². The first-order valence-corrected chi connectivity index (χ1v) is 6.54. The lowest BCUT2D eigenvalue weighted by Gasteiger charge is -2.15. The van der Waals surface area contributed by atoms with Crippen molar-refractivity contribution in [3.63, 3.8) is 0 Å². The van der Waals surface area contributed by atoms with Crippen LogP contribution in [0.25, 0.3) is 0 Å². The van der Waals surface area contributed by atoms with Crippen molar-refractivity contribution in [1.82, 2.24) is 0 Å². The molecule has 2 rings (SSSR count). The van der Waals surface area contributed by atoms with Crippen LogP contribution in [0.4, 0.5) is 4.39 Å². The summed E-state index contributed by atoms with van der Waals surface area (Å²) >= 11 is 0. The van der Waals surface area contributed by atoms with Gasteiger partial charge in [0.25, 0.3) is 0 Å². The molecule has 2 aromatic carbocycles. The predicted molar refractivity (Wildman–Crippen MR) is 75.7 cm³/mol. The molecule has 100 valence electrons. The first kappa shape index (κ1) is 13.8. The van der Waals surface area contributed by atoms with Crippen LogP contribution in [-0.4, -0.2) is 11.2 Å². The van der Waals surface area contributed by atoms with Gasteiger partial charge in [0, 0.05) is 0 Å². The molecule has 0 fully saturated rings. The van der Waals surface area contributed by atoms with Gasteiger partial charge in [0.1, 0.15) is 5.82 Å². The number of halogens is 1. The maximum absolute atomic E-state index is 12.8. The monoisotopic (exact) mass is 258 g/mol. The Morgan fingerprint density at radius 3 is 2.11 bits per heavy atom. The second-order valence-corrected chi connectivity index (χ2v) is 5.06. The van der Waals surface area contributed by atoms with Gasteiger partial charge in [-0.05, 0) is 61.1 Å². The van der Waals surface area contributed by atoms with Crippen molar-refractivity contribution in [3.8, 4) is 0 Å². The molecule has 1 atom stereocenters. The molecule has 0 saturated heterocycles. The molecule has 0 aromatic heterocycles. The molecule has 2 heteroatoms. The Hall–Kier alpha value is -1.67. The van der Waals surface area contributed by atoms with Gasteiger partial charge in [-0.3, -0.25) is 0 Å². The Labute approximate surface area is 113 Å². The molecule has 0 aliphatic heterocycles. The SMILES string of the molecule is Cc1cccc(C)c1CC(O)Cc1ccc(F)cc1. The minimum Gasteiger partial charge on any atom is -0.392 e. The third kappa shape index (κ3) is 3.65. The lowest BCUT2D eigenvalue weighted by Crippen LogP contribution is -2.15. The van der Waals surface area contributed by atoms with Crippen molar-refractivity contribution in [1.29, 1.82) is 0 Å². The van der Waals surface area contributed by atoms with Crippen molar-refractivity contribution >= 4 is 0 Å². The van der Waals surface area contributed by atoms with Gasteiger partial charge in [-0.25, -0.2) is 4.39 Å². The second kappa shape index (κ2) is 5.98. The Bertz CT molecular complexity index is 525. The molecule has 19 heavy (non-hydrogen) atoms. The summed E-state index contributed by atoms with van der Waals surface area (Å²) in [5.74, 6) is -0.243. The van der Waals surface area contributed by atoms with E-state index in [0.717, 1.165) is 5.56 Å². The van der Waals surface area contributed by atoms with Gasteiger partial charge in [-0.1, -0.05) is 30.3 Å². The van der Waals surface area contributed by atoms with Crippen LogP contribution in [0.3, 0.4) is 0 Å².